The Kier molecular flexibility index (Phi) is 3.01. The lowest BCUT2D eigenvalue weighted by Crippen LogP contribution is -2.31. The third kappa shape index (κ3) is 2.34. The van der Waals surface area contributed by atoms with Crippen molar-refractivity contribution in [3.8, 4) is 0 Å². The summed E-state index contributed by atoms with van der Waals surface area (Å²) in [4.78, 5) is 0.960. The first-order valence-corrected chi connectivity index (χ1v) is 8.60. The molecular formula is C12H17NO3S2. The topological polar surface area (TPSA) is 66.4 Å². The Balaban J connectivity index is 1.67. The maximum atomic E-state index is 12.1. The highest BCUT2D eigenvalue weighted by molar-refractivity contribution is 7.89. The van der Waals surface area contributed by atoms with Crippen LogP contribution in [-0.4, -0.2) is 20.1 Å². The van der Waals surface area contributed by atoms with Crippen LogP contribution in [-0.2, 0) is 16.6 Å². The molecule has 1 aromatic rings. The van der Waals surface area contributed by atoms with Gasteiger partial charge in [0.2, 0.25) is 10.0 Å². The van der Waals surface area contributed by atoms with Crippen molar-refractivity contribution in [3.63, 3.8) is 0 Å². The summed E-state index contributed by atoms with van der Waals surface area (Å²) < 4.78 is 26.9. The van der Waals surface area contributed by atoms with Crippen molar-refractivity contribution in [2.24, 2.45) is 11.3 Å². The third-order valence-corrected chi connectivity index (χ3v) is 6.50. The van der Waals surface area contributed by atoms with Crippen LogP contribution in [0.2, 0.25) is 0 Å². The Morgan fingerprint density at radius 2 is 2.17 bits per heavy atom. The highest BCUT2D eigenvalue weighted by Gasteiger charge is 2.53. The van der Waals surface area contributed by atoms with E-state index in [1.165, 1.54) is 24.2 Å². The quantitative estimate of drug-likeness (QED) is 0.837. The van der Waals surface area contributed by atoms with Crippen LogP contribution in [0.25, 0.3) is 0 Å². The number of hydrogen-bond donors (Lipinski definition) is 2. The van der Waals surface area contributed by atoms with Gasteiger partial charge in [0.25, 0.3) is 0 Å². The molecule has 0 aliphatic heterocycles. The van der Waals surface area contributed by atoms with Crippen LogP contribution in [0.5, 0.6) is 0 Å². The van der Waals surface area contributed by atoms with Crippen molar-refractivity contribution >= 4 is 21.4 Å². The summed E-state index contributed by atoms with van der Waals surface area (Å²) in [6.45, 7) is 0.469. The van der Waals surface area contributed by atoms with E-state index in [4.69, 9.17) is 5.11 Å². The minimum atomic E-state index is -3.40. The standard InChI is InChI=1S/C12H17NO3S2/c14-6-10-5-11(7-17-10)18(15,16)13-8-12(3-4-12)9-1-2-9/h5,7,9,13-14H,1-4,6,8H2. The maximum Gasteiger partial charge on any atom is 0.241 e. The molecular weight excluding hydrogens is 270 g/mol. The van der Waals surface area contributed by atoms with Crippen LogP contribution in [0.3, 0.4) is 0 Å². The second kappa shape index (κ2) is 4.30. The van der Waals surface area contributed by atoms with E-state index in [-0.39, 0.29) is 16.9 Å². The second-order valence-electron chi connectivity index (χ2n) is 5.37. The van der Waals surface area contributed by atoms with E-state index >= 15 is 0 Å². The minimum Gasteiger partial charge on any atom is -0.391 e. The predicted molar refractivity (Wildman–Crippen MR) is 69.8 cm³/mol. The molecule has 6 heteroatoms. The van der Waals surface area contributed by atoms with Gasteiger partial charge in [-0.3, -0.25) is 0 Å². The smallest absolute Gasteiger partial charge is 0.241 e. The molecule has 2 aliphatic rings. The fraction of sp³-hybridized carbons (Fsp3) is 0.667. The molecule has 0 amide bonds. The van der Waals surface area contributed by atoms with Gasteiger partial charge in [0.05, 0.1) is 11.5 Å². The number of aliphatic hydroxyl groups is 1. The van der Waals surface area contributed by atoms with E-state index < -0.39 is 10.0 Å². The lowest BCUT2D eigenvalue weighted by Gasteiger charge is -2.14. The SMILES string of the molecule is O=S(=O)(NCC1(C2CC2)CC1)c1csc(CO)c1. The van der Waals surface area contributed by atoms with Crippen molar-refractivity contribution in [1.82, 2.24) is 4.72 Å². The summed E-state index contributed by atoms with van der Waals surface area (Å²) >= 11 is 1.27. The zero-order valence-corrected chi connectivity index (χ0v) is 11.7. The summed E-state index contributed by atoms with van der Waals surface area (Å²) in [6, 6.07) is 1.55. The van der Waals surface area contributed by atoms with Gasteiger partial charge >= 0.3 is 0 Å². The molecule has 0 atom stereocenters. The molecule has 2 N–H and O–H groups in total. The van der Waals surface area contributed by atoms with Gasteiger partial charge in [-0.15, -0.1) is 11.3 Å². The first-order chi connectivity index (χ1) is 8.56. The van der Waals surface area contributed by atoms with Crippen LogP contribution in [0, 0.1) is 11.3 Å². The van der Waals surface area contributed by atoms with E-state index in [1.54, 1.807) is 11.4 Å². The maximum absolute atomic E-state index is 12.1. The summed E-state index contributed by atoms with van der Waals surface area (Å²) in [7, 11) is -3.40. The van der Waals surface area contributed by atoms with Crippen LogP contribution >= 0.6 is 11.3 Å². The van der Waals surface area contributed by atoms with Crippen molar-refractivity contribution in [2.75, 3.05) is 6.54 Å². The summed E-state index contributed by atoms with van der Waals surface area (Å²) in [5, 5.41) is 10.5. The first kappa shape index (κ1) is 12.6. The van der Waals surface area contributed by atoms with Crippen LogP contribution in [0.4, 0.5) is 0 Å². The highest BCUT2D eigenvalue weighted by atomic mass is 32.2. The Bertz CT molecular complexity index is 541. The van der Waals surface area contributed by atoms with Crippen molar-refractivity contribution in [2.45, 2.75) is 37.2 Å². The molecule has 0 spiro atoms. The first-order valence-electron chi connectivity index (χ1n) is 6.24. The third-order valence-electron chi connectivity index (χ3n) is 4.05. The normalized spacial score (nSPS) is 22.1. The van der Waals surface area contributed by atoms with Crippen molar-refractivity contribution in [3.05, 3.63) is 16.3 Å². The molecule has 0 unspecified atom stereocenters. The number of aliphatic hydroxyl groups excluding tert-OH is 1. The molecule has 18 heavy (non-hydrogen) atoms. The second-order valence-corrected chi connectivity index (χ2v) is 8.13. The molecule has 1 heterocycles. The van der Waals surface area contributed by atoms with Gasteiger partial charge in [-0.2, -0.15) is 0 Å². The molecule has 0 bridgehead atoms. The number of rotatable bonds is 6. The zero-order valence-electron chi connectivity index (χ0n) is 10.1. The van der Waals surface area contributed by atoms with E-state index in [2.05, 4.69) is 4.72 Å². The number of thiophene rings is 1. The molecule has 2 saturated carbocycles. The van der Waals surface area contributed by atoms with Gasteiger partial charge in [-0.25, -0.2) is 13.1 Å². The van der Waals surface area contributed by atoms with E-state index in [0.717, 1.165) is 18.8 Å². The Morgan fingerprint density at radius 1 is 1.44 bits per heavy atom. The Labute approximate surface area is 111 Å². The Morgan fingerprint density at radius 3 is 2.67 bits per heavy atom. The van der Waals surface area contributed by atoms with Gasteiger partial charge in [0.15, 0.2) is 0 Å². The number of hydrogen-bond acceptors (Lipinski definition) is 4. The molecule has 0 radical (unpaired) electrons. The summed E-state index contributed by atoms with van der Waals surface area (Å²) in [5.41, 5.74) is 0.267. The molecule has 0 aromatic carbocycles. The largest absolute Gasteiger partial charge is 0.391 e. The molecule has 2 fully saturated rings. The van der Waals surface area contributed by atoms with E-state index in [9.17, 15) is 8.42 Å². The van der Waals surface area contributed by atoms with Gasteiger partial charge in [-0.1, -0.05) is 0 Å². The molecule has 0 saturated heterocycles. The number of nitrogens with one attached hydrogen (secondary N) is 1. The molecule has 3 rings (SSSR count). The fourth-order valence-corrected chi connectivity index (χ4v) is 4.76. The van der Waals surface area contributed by atoms with Crippen molar-refractivity contribution in [1.29, 1.82) is 0 Å². The monoisotopic (exact) mass is 287 g/mol. The Hall–Kier alpha value is -0.430. The fourth-order valence-electron chi connectivity index (χ4n) is 2.49. The van der Waals surface area contributed by atoms with Crippen LogP contribution in [0.1, 0.15) is 30.6 Å². The summed E-state index contributed by atoms with van der Waals surface area (Å²) in [5.74, 6) is 0.746. The zero-order chi connectivity index (χ0) is 12.8. The lowest BCUT2D eigenvalue weighted by molar-refractivity contribution is 0.285. The van der Waals surface area contributed by atoms with Crippen LogP contribution < -0.4 is 4.72 Å². The average Bonchev–Trinajstić information content (AvgIpc) is 3.24. The average molecular weight is 287 g/mol. The highest BCUT2D eigenvalue weighted by Crippen LogP contribution is 2.60. The van der Waals surface area contributed by atoms with Gasteiger partial charge in [0.1, 0.15) is 0 Å². The summed E-state index contributed by atoms with van der Waals surface area (Å²) in [6.07, 6.45) is 4.83. The van der Waals surface area contributed by atoms with E-state index in [1.807, 2.05) is 0 Å². The molecule has 100 valence electrons. The van der Waals surface area contributed by atoms with E-state index in [0.29, 0.717) is 11.4 Å². The molecule has 2 aliphatic carbocycles. The van der Waals surface area contributed by atoms with Crippen molar-refractivity contribution < 1.29 is 13.5 Å². The number of sulfonamides is 1. The van der Waals surface area contributed by atoms with Gasteiger partial charge in [-0.05, 0) is 43.1 Å². The van der Waals surface area contributed by atoms with Crippen LogP contribution in [0.15, 0.2) is 16.3 Å². The molecule has 4 nitrogen and oxygen atoms in total. The van der Waals surface area contributed by atoms with Gasteiger partial charge in [0, 0.05) is 16.8 Å². The van der Waals surface area contributed by atoms with Gasteiger partial charge < -0.3 is 5.11 Å². The molecule has 1 aromatic heterocycles. The minimum absolute atomic E-state index is 0.105. The lowest BCUT2D eigenvalue weighted by atomic mass is 10.0. The predicted octanol–water partition coefficient (Wildman–Crippen LogP) is 1.71.